The SMILES string of the molecule is CCOC(C(=O)NCc1ccc(C(=N)N)cc1OCC(N)=O)N1C(=O)c2cccc(C)c2C1=O. The lowest BCUT2D eigenvalue weighted by Gasteiger charge is -2.25. The maximum absolute atomic E-state index is 13.0. The molecule has 11 nitrogen and oxygen atoms in total. The molecule has 3 rings (SSSR count). The molecule has 1 aliphatic rings. The first kappa shape index (κ1) is 24.4. The normalized spacial score (nSPS) is 13.4. The molecule has 0 fully saturated rings. The summed E-state index contributed by atoms with van der Waals surface area (Å²) in [6, 6.07) is 9.46. The van der Waals surface area contributed by atoms with Crippen LogP contribution in [0.15, 0.2) is 36.4 Å². The monoisotopic (exact) mass is 467 g/mol. The molecule has 0 saturated heterocycles. The summed E-state index contributed by atoms with van der Waals surface area (Å²) in [5, 5.41) is 10.2. The average Bonchev–Trinajstić information content (AvgIpc) is 3.05. The van der Waals surface area contributed by atoms with Crippen molar-refractivity contribution in [3.8, 4) is 5.75 Å². The molecule has 0 spiro atoms. The number of primary amides is 1. The summed E-state index contributed by atoms with van der Waals surface area (Å²) in [5.41, 5.74) is 12.5. The van der Waals surface area contributed by atoms with Crippen LogP contribution in [0.3, 0.4) is 0 Å². The number of carbonyl (C=O) groups is 4. The van der Waals surface area contributed by atoms with E-state index in [1.807, 2.05) is 0 Å². The molecule has 34 heavy (non-hydrogen) atoms. The lowest BCUT2D eigenvalue weighted by Crippen LogP contribution is -2.51. The summed E-state index contributed by atoms with van der Waals surface area (Å²) in [6.45, 7) is 2.92. The number of benzene rings is 2. The summed E-state index contributed by atoms with van der Waals surface area (Å²) in [6.07, 6.45) is -1.48. The van der Waals surface area contributed by atoms with Crippen LogP contribution in [0, 0.1) is 12.3 Å². The number of nitrogens with zero attached hydrogens (tertiary/aromatic N) is 1. The standard InChI is InChI=1S/C23H25N5O6/c1-3-33-23(28-21(31)15-6-4-5-12(2)18(15)22(28)32)20(30)27-10-14-8-7-13(19(25)26)9-16(14)34-11-17(24)29/h4-9,23H,3,10-11H2,1-2H3,(H2,24,29)(H3,25,26)(H,27,30). The van der Waals surface area contributed by atoms with E-state index in [1.165, 1.54) is 12.1 Å². The van der Waals surface area contributed by atoms with Crippen molar-refractivity contribution in [1.29, 1.82) is 5.41 Å². The van der Waals surface area contributed by atoms with Gasteiger partial charge in [-0.1, -0.05) is 24.3 Å². The quantitative estimate of drug-likeness (QED) is 0.222. The summed E-state index contributed by atoms with van der Waals surface area (Å²) >= 11 is 0. The highest BCUT2D eigenvalue weighted by Gasteiger charge is 2.44. The van der Waals surface area contributed by atoms with Gasteiger partial charge in [-0.25, -0.2) is 4.90 Å². The lowest BCUT2D eigenvalue weighted by atomic mass is 10.0. The van der Waals surface area contributed by atoms with Crippen LogP contribution in [0.5, 0.6) is 5.75 Å². The van der Waals surface area contributed by atoms with Crippen LogP contribution in [0.1, 0.15) is 44.3 Å². The van der Waals surface area contributed by atoms with E-state index in [9.17, 15) is 19.2 Å². The zero-order chi connectivity index (χ0) is 25.0. The number of nitrogens with two attached hydrogens (primary N) is 2. The Bertz CT molecular complexity index is 1180. The van der Waals surface area contributed by atoms with Gasteiger partial charge in [0, 0.05) is 24.3 Å². The maximum Gasteiger partial charge on any atom is 0.271 e. The molecule has 4 amide bonds. The van der Waals surface area contributed by atoms with Gasteiger partial charge in [0.2, 0.25) is 6.23 Å². The van der Waals surface area contributed by atoms with Gasteiger partial charge < -0.3 is 26.3 Å². The highest BCUT2D eigenvalue weighted by Crippen LogP contribution is 2.28. The van der Waals surface area contributed by atoms with E-state index in [0.29, 0.717) is 16.7 Å². The van der Waals surface area contributed by atoms with Crippen LogP contribution in [0.4, 0.5) is 0 Å². The predicted molar refractivity (Wildman–Crippen MR) is 121 cm³/mol. The molecule has 1 heterocycles. The molecule has 1 aliphatic heterocycles. The summed E-state index contributed by atoms with van der Waals surface area (Å²) in [7, 11) is 0. The number of rotatable bonds is 10. The number of hydrogen-bond acceptors (Lipinski definition) is 7. The molecule has 0 aliphatic carbocycles. The lowest BCUT2D eigenvalue weighted by molar-refractivity contribution is -0.140. The van der Waals surface area contributed by atoms with Gasteiger partial charge in [-0.2, -0.15) is 0 Å². The van der Waals surface area contributed by atoms with Crippen molar-refractivity contribution in [1.82, 2.24) is 10.2 Å². The highest BCUT2D eigenvalue weighted by molar-refractivity contribution is 6.23. The second-order valence-corrected chi connectivity index (χ2v) is 7.49. The van der Waals surface area contributed by atoms with E-state index in [2.05, 4.69) is 5.32 Å². The van der Waals surface area contributed by atoms with Gasteiger partial charge in [-0.15, -0.1) is 0 Å². The molecule has 6 N–H and O–H groups in total. The number of hydrogen-bond donors (Lipinski definition) is 4. The summed E-state index contributed by atoms with van der Waals surface area (Å²) in [5.74, 6) is -2.67. The zero-order valence-corrected chi connectivity index (χ0v) is 18.7. The van der Waals surface area contributed by atoms with Gasteiger partial charge in [-0.05, 0) is 31.5 Å². The van der Waals surface area contributed by atoms with Gasteiger partial charge in [-0.3, -0.25) is 24.6 Å². The fraction of sp³-hybridized carbons (Fsp3) is 0.261. The van der Waals surface area contributed by atoms with Gasteiger partial charge in [0.1, 0.15) is 11.6 Å². The number of amidine groups is 1. The van der Waals surface area contributed by atoms with Crippen molar-refractivity contribution in [2.45, 2.75) is 26.6 Å². The fourth-order valence-electron chi connectivity index (χ4n) is 3.53. The Labute approximate surface area is 195 Å². The van der Waals surface area contributed by atoms with E-state index in [0.717, 1.165) is 4.90 Å². The van der Waals surface area contributed by atoms with E-state index < -0.39 is 36.5 Å². The number of nitrogen functional groups attached to an aromatic ring is 1. The van der Waals surface area contributed by atoms with Crippen molar-refractivity contribution in [3.63, 3.8) is 0 Å². The minimum atomic E-state index is -1.48. The molecule has 0 aromatic heterocycles. The van der Waals surface area contributed by atoms with Crippen molar-refractivity contribution < 1.29 is 28.7 Å². The number of amides is 4. The van der Waals surface area contributed by atoms with E-state index in [4.69, 9.17) is 26.4 Å². The number of imide groups is 1. The van der Waals surface area contributed by atoms with E-state index >= 15 is 0 Å². The third kappa shape index (κ3) is 4.89. The molecule has 1 atom stereocenters. The Morgan fingerprint density at radius 1 is 1.15 bits per heavy atom. The van der Waals surface area contributed by atoms with Crippen LogP contribution in [0.25, 0.3) is 0 Å². The van der Waals surface area contributed by atoms with Crippen molar-refractivity contribution >= 4 is 29.5 Å². The summed E-state index contributed by atoms with van der Waals surface area (Å²) in [4.78, 5) is 50.8. The Hall–Kier alpha value is -4.25. The van der Waals surface area contributed by atoms with Crippen LogP contribution in [0.2, 0.25) is 0 Å². The number of ether oxygens (including phenoxy) is 2. The minimum Gasteiger partial charge on any atom is -0.483 e. The molecule has 2 aromatic rings. The molecular weight excluding hydrogens is 442 g/mol. The minimum absolute atomic E-state index is 0.0742. The van der Waals surface area contributed by atoms with Gasteiger partial charge in [0.15, 0.2) is 6.61 Å². The van der Waals surface area contributed by atoms with Crippen LogP contribution < -0.4 is 21.5 Å². The number of nitrogens with one attached hydrogen (secondary N) is 2. The number of fused-ring (bicyclic) bond motifs is 1. The molecule has 0 radical (unpaired) electrons. The third-order valence-electron chi connectivity index (χ3n) is 5.14. The largest absolute Gasteiger partial charge is 0.483 e. The van der Waals surface area contributed by atoms with Crippen molar-refractivity contribution in [3.05, 3.63) is 64.2 Å². The van der Waals surface area contributed by atoms with Crippen molar-refractivity contribution in [2.75, 3.05) is 13.2 Å². The average molecular weight is 467 g/mol. The van der Waals surface area contributed by atoms with Crippen LogP contribution in [-0.2, 0) is 20.9 Å². The molecular formula is C23H25N5O6. The molecule has 2 aromatic carbocycles. The summed E-state index contributed by atoms with van der Waals surface area (Å²) < 4.78 is 10.9. The Kier molecular flexibility index (Phi) is 7.27. The molecule has 0 bridgehead atoms. The molecule has 0 saturated carbocycles. The van der Waals surface area contributed by atoms with Gasteiger partial charge in [0.05, 0.1) is 11.1 Å². The highest BCUT2D eigenvalue weighted by atomic mass is 16.5. The van der Waals surface area contributed by atoms with Crippen molar-refractivity contribution in [2.24, 2.45) is 11.5 Å². The number of aryl methyl sites for hydroxylation is 1. The van der Waals surface area contributed by atoms with E-state index in [1.54, 1.807) is 38.1 Å². The first-order chi connectivity index (χ1) is 16.1. The smallest absolute Gasteiger partial charge is 0.271 e. The second kappa shape index (κ2) is 10.1. The third-order valence-corrected chi connectivity index (χ3v) is 5.14. The van der Waals surface area contributed by atoms with E-state index in [-0.39, 0.29) is 35.9 Å². The fourth-order valence-corrected chi connectivity index (χ4v) is 3.53. The molecule has 1 unspecified atom stereocenters. The first-order valence-corrected chi connectivity index (χ1v) is 10.4. The maximum atomic E-state index is 13.0. The second-order valence-electron chi connectivity index (χ2n) is 7.49. The van der Waals surface area contributed by atoms with Gasteiger partial charge >= 0.3 is 0 Å². The Morgan fingerprint density at radius 2 is 1.88 bits per heavy atom. The van der Waals surface area contributed by atoms with Crippen LogP contribution >= 0.6 is 0 Å². The Morgan fingerprint density at radius 3 is 2.50 bits per heavy atom. The molecule has 178 valence electrons. The molecule has 11 heteroatoms. The van der Waals surface area contributed by atoms with Gasteiger partial charge in [0.25, 0.3) is 23.6 Å². The zero-order valence-electron chi connectivity index (χ0n) is 18.7. The first-order valence-electron chi connectivity index (χ1n) is 10.4. The number of carbonyl (C=O) groups excluding carboxylic acids is 4. The topological polar surface area (TPSA) is 178 Å². The van der Waals surface area contributed by atoms with Crippen LogP contribution in [-0.4, -0.2) is 53.8 Å². The predicted octanol–water partition coefficient (Wildman–Crippen LogP) is 0.418. The Balaban J connectivity index is 1.82.